The van der Waals surface area contributed by atoms with E-state index in [0.29, 0.717) is 32.6 Å². The van der Waals surface area contributed by atoms with Crippen molar-refractivity contribution < 1.29 is 9.59 Å². The Morgan fingerprint density at radius 1 is 1.08 bits per heavy atom. The van der Waals surface area contributed by atoms with Gasteiger partial charge in [0.25, 0.3) is 5.91 Å². The van der Waals surface area contributed by atoms with Gasteiger partial charge < -0.3 is 9.80 Å². The van der Waals surface area contributed by atoms with Gasteiger partial charge in [0.2, 0.25) is 5.91 Å². The molecule has 0 unspecified atom stereocenters. The number of piperazine rings is 1. The van der Waals surface area contributed by atoms with Gasteiger partial charge in [-0.3, -0.25) is 14.6 Å². The fourth-order valence-electron chi connectivity index (χ4n) is 2.97. The van der Waals surface area contributed by atoms with Crippen LogP contribution >= 0.6 is 15.9 Å². The summed E-state index contributed by atoms with van der Waals surface area (Å²) in [7, 11) is 0. The third kappa shape index (κ3) is 4.25. The number of carbonyl (C=O) groups excluding carboxylic acids is 2. The second kappa shape index (κ2) is 7.78. The molecule has 2 heterocycles. The van der Waals surface area contributed by atoms with E-state index in [1.54, 1.807) is 6.20 Å². The summed E-state index contributed by atoms with van der Waals surface area (Å²) in [5, 5.41) is 0. The summed E-state index contributed by atoms with van der Waals surface area (Å²) in [6, 6.07) is 11.2. The van der Waals surface area contributed by atoms with Crippen LogP contribution in [0.1, 0.15) is 21.6 Å². The maximum Gasteiger partial charge on any atom is 0.254 e. The molecule has 5 nitrogen and oxygen atoms in total. The number of aryl methyl sites for hydroxylation is 1. The van der Waals surface area contributed by atoms with Crippen molar-refractivity contribution in [2.24, 2.45) is 0 Å². The smallest absolute Gasteiger partial charge is 0.254 e. The largest absolute Gasteiger partial charge is 0.339 e. The van der Waals surface area contributed by atoms with Crippen LogP contribution in [0.5, 0.6) is 0 Å². The van der Waals surface area contributed by atoms with E-state index in [-0.39, 0.29) is 11.8 Å². The van der Waals surface area contributed by atoms with Gasteiger partial charge in [-0.25, -0.2) is 0 Å². The number of pyridine rings is 1. The highest BCUT2D eigenvalue weighted by molar-refractivity contribution is 9.10. The van der Waals surface area contributed by atoms with Crippen molar-refractivity contribution >= 4 is 27.7 Å². The molecule has 6 heteroatoms. The Labute approximate surface area is 155 Å². The molecule has 0 aliphatic carbocycles. The van der Waals surface area contributed by atoms with E-state index in [1.165, 1.54) is 0 Å². The van der Waals surface area contributed by atoms with E-state index in [2.05, 4.69) is 20.9 Å². The summed E-state index contributed by atoms with van der Waals surface area (Å²) >= 11 is 3.42. The minimum absolute atomic E-state index is 0.0295. The summed E-state index contributed by atoms with van der Waals surface area (Å²) < 4.78 is 0.964. The third-order valence-corrected chi connectivity index (χ3v) is 4.89. The molecule has 130 valence electrons. The van der Waals surface area contributed by atoms with Crippen molar-refractivity contribution in [2.75, 3.05) is 26.2 Å². The molecular weight excluding hydrogens is 382 g/mol. The van der Waals surface area contributed by atoms with Gasteiger partial charge in [-0.15, -0.1) is 0 Å². The predicted octanol–water partition coefficient (Wildman–Crippen LogP) is 2.68. The molecule has 0 bridgehead atoms. The molecule has 0 radical (unpaired) electrons. The summed E-state index contributed by atoms with van der Waals surface area (Å²) in [6.45, 7) is 4.18. The fraction of sp³-hybridized carbons (Fsp3) is 0.316. The molecule has 1 aromatic heterocycles. The highest BCUT2D eigenvalue weighted by atomic mass is 79.9. The minimum Gasteiger partial charge on any atom is -0.339 e. The first-order valence-electron chi connectivity index (χ1n) is 8.27. The Morgan fingerprint density at radius 3 is 2.44 bits per heavy atom. The van der Waals surface area contributed by atoms with Crippen molar-refractivity contribution in [1.82, 2.24) is 14.8 Å². The van der Waals surface area contributed by atoms with Crippen LogP contribution in [-0.4, -0.2) is 52.8 Å². The second-order valence-corrected chi connectivity index (χ2v) is 7.05. The Hall–Kier alpha value is -2.21. The molecular formula is C19H20BrN3O2. The predicted molar refractivity (Wildman–Crippen MR) is 99.3 cm³/mol. The molecule has 25 heavy (non-hydrogen) atoms. The number of rotatable bonds is 3. The lowest BCUT2D eigenvalue weighted by molar-refractivity contribution is -0.132. The molecule has 1 saturated heterocycles. The second-order valence-electron chi connectivity index (χ2n) is 6.13. The molecule has 3 rings (SSSR count). The average molecular weight is 402 g/mol. The number of aromatic nitrogens is 1. The molecule has 0 N–H and O–H groups in total. The molecule has 1 aliphatic rings. The van der Waals surface area contributed by atoms with Crippen LogP contribution in [0.25, 0.3) is 0 Å². The molecule has 1 aromatic carbocycles. The fourth-order valence-corrected chi connectivity index (χ4v) is 3.44. The van der Waals surface area contributed by atoms with E-state index in [4.69, 9.17) is 0 Å². The Bertz CT molecular complexity index is 771. The first-order chi connectivity index (χ1) is 12.0. The minimum atomic E-state index is 0.0295. The Balaban J connectivity index is 1.58. The number of hydrogen-bond donors (Lipinski definition) is 0. The summed E-state index contributed by atoms with van der Waals surface area (Å²) in [6.07, 6.45) is 2.00. The highest BCUT2D eigenvalue weighted by Crippen LogP contribution is 2.18. The zero-order valence-corrected chi connectivity index (χ0v) is 15.7. The summed E-state index contributed by atoms with van der Waals surface area (Å²) in [4.78, 5) is 32.9. The molecule has 1 fully saturated rings. The number of benzene rings is 1. The highest BCUT2D eigenvalue weighted by Gasteiger charge is 2.25. The number of hydrogen-bond acceptors (Lipinski definition) is 3. The van der Waals surface area contributed by atoms with Crippen LogP contribution < -0.4 is 0 Å². The third-order valence-electron chi connectivity index (χ3n) is 4.40. The van der Waals surface area contributed by atoms with Crippen LogP contribution in [0.2, 0.25) is 0 Å². The summed E-state index contributed by atoms with van der Waals surface area (Å²) in [5.74, 6) is 0.0902. The Kier molecular flexibility index (Phi) is 5.48. The molecule has 2 amide bonds. The molecule has 1 aliphatic heterocycles. The van der Waals surface area contributed by atoms with Gasteiger partial charge in [0.05, 0.1) is 6.42 Å². The van der Waals surface area contributed by atoms with Crippen LogP contribution in [0.4, 0.5) is 0 Å². The van der Waals surface area contributed by atoms with Crippen LogP contribution in [0, 0.1) is 6.92 Å². The standard InChI is InChI=1S/C19H20BrN3O2/c1-14-12-15(20)5-6-17(14)19(25)23-10-8-22(9-11-23)18(24)13-16-4-2-3-7-21-16/h2-7,12H,8-11,13H2,1H3. The van der Waals surface area contributed by atoms with Gasteiger partial charge in [0.15, 0.2) is 0 Å². The Morgan fingerprint density at radius 2 is 1.80 bits per heavy atom. The van der Waals surface area contributed by atoms with Crippen LogP contribution in [-0.2, 0) is 11.2 Å². The monoisotopic (exact) mass is 401 g/mol. The van der Waals surface area contributed by atoms with Crippen molar-refractivity contribution in [3.05, 3.63) is 63.9 Å². The van der Waals surface area contributed by atoms with Gasteiger partial charge in [0.1, 0.15) is 0 Å². The van der Waals surface area contributed by atoms with Gasteiger partial charge >= 0.3 is 0 Å². The molecule has 0 atom stereocenters. The number of amides is 2. The number of carbonyl (C=O) groups is 2. The van der Waals surface area contributed by atoms with E-state index in [0.717, 1.165) is 21.3 Å². The first kappa shape index (κ1) is 17.6. The molecule has 0 spiro atoms. The lowest BCUT2D eigenvalue weighted by atomic mass is 10.1. The van der Waals surface area contributed by atoms with Crippen molar-refractivity contribution in [2.45, 2.75) is 13.3 Å². The summed E-state index contributed by atoms with van der Waals surface area (Å²) in [5.41, 5.74) is 2.45. The zero-order valence-electron chi connectivity index (χ0n) is 14.1. The van der Waals surface area contributed by atoms with Crippen molar-refractivity contribution in [1.29, 1.82) is 0 Å². The lowest BCUT2D eigenvalue weighted by Gasteiger charge is -2.35. The van der Waals surface area contributed by atoms with E-state index < -0.39 is 0 Å². The molecule has 2 aromatic rings. The molecule has 0 saturated carbocycles. The van der Waals surface area contributed by atoms with E-state index >= 15 is 0 Å². The van der Waals surface area contributed by atoms with E-state index in [9.17, 15) is 9.59 Å². The van der Waals surface area contributed by atoms with Crippen LogP contribution in [0.3, 0.4) is 0 Å². The quantitative estimate of drug-likeness (QED) is 0.794. The zero-order chi connectivity index (χ0) is 17.8. The normalized spacial score (nSPS) is 14.5. The number of nitrogens with zero attached hydrogens (tertiary/aromatic N) is 3. The van der Waals surface area contributed by atoms with E-state index in [1.807, 2.05) is 53.1 Å². The van der Waals surface area contributed by atoms with Gasteiger partial charge in [-0.05, 0) is 42.8 Å². The SMILES string of the molecule is Cc1cc(Br)ccc1C(=O)N1CCN(C(=O)Cc2ccccn2)CC1. The first-order valence-corrected chi connectivity index (χ1v) is 9.07. The van der Waals surface area contributed by atoms with Crippen molar-refractivity contribution in [3.63, 3.8) is 0 Å². The van der Waals surface area contributed by atoms with Crippen LogP contribution in [0.15, 0.2) is 47.1 Å². The van der Waals surface area contributed by atoms with Gasteiger partial charge in [-0.2, -0.15) is 0 Å². The average Bonchev–Trinajstić information content (AvgIpc) is 2.62. The maximum absolute atomic E-state index is 12.7. The topological polar surface area (TPSA) is 53.5 Å². The number of halogens is 1. The van der Waals surface area contributed by atoms with Gasteiger partial charge in [-0.1, -0.05) is 22.0 Å². The van der Waals surface area contributed by atoms with Crippen molar-refractivity contribution in [3.8, 4) is 0 Å². The lowest BCUT2D eigenvalue weighted by Crippen LogP contribution is -2.51. The maximum atomic E-state index is 12.7. The van der Waals surface area contributed by atoms with Gasteiger partial charge in [0, 0.05) is 48.1 Å².